The van der Waals surface area contributed by atoms with Crippen molar-refractivity contribution in [2.24, 2.45) is 17.8 Å². The van der Waals surface area contributed by atoms with Crippen molar-refractivity contribution >= 4 is 27.5 Å². The Morgan fingerprint density at radius 3 is 2.61 bits per heavy atom. The van der Waals surface area contributed by atoms with Crippen LogP contribution in [-0.2, 0) is 11.3 Å². The van der Waals surface area contributed by atoms with Crippen LogP contribution in [0.4, 0.5) is 0 Å². The lowest BCUT2D eigenvalue weighted by atomic mass is 9.82. The first-order valence-electron chi connectivity index (χ1n) is 9.87. The number of thiazole rings is 1. The first-order chi connectivity index (χ1) is 13.7. The molecule has 6 heteroatoms. The van der Waals surface area contributed by atoms with Crippen molar-refractivity contribution in [3.63, 3.8) is 0 Å². The fourth-order valence-corrected chi connectivity index (χ4v) is 5.72. The van der Waals surface area contributed by atoms with Crippen LogP contribution < -0.4 is 4.74 Å². The first kappa shape index (κ1) is 17.8. The summed E-state index contributed by atoms with van der Waals surface area (Å²) in [5, 5.41) is 0.615. The Hall–Kier alpha value is -2.31. The van der Waals surface area contributed by atoms with Crippen molar-refractivity contribution in [3.8, 4) is 10.9 Å². The predicted molar refractivity (Wildman–Crippen MR) is 110 cm³/mol. The Balaban J connectivity index is 1.23. The SMILES string of the molecule is CC(=O)C1[C@@H]2CC[C@H]1CN(Cc1ccc(Oc3nc4ncccc4s3)cc1)C2. The molecule has 28 heavy (non-hydrogen) atoms. The molecule has 2 aromatic heterocycles. The average Bonchev–Trinajstić information content (AvgIpc) is 3.21. The second-order valence-corrected chi connectivity index (χ2v) is 8.97. The third kappa shape index (κ3) is 3.42. The molecule has 3 aromatic rings. The molecule has 0 amide bonds. The summed E-state index contributed by atoms with van der Waals surface area (Å²) in [5.74, 6) is 2.57. The molecule has 1 aromatic carbocycles. The molecule has 3 heterocycles. The maximum Gasteiger partial charge on any atom is 0.281 e. The van der Waals surface area contributed by atoms with Gasteiger partial charge in [-0.1, -0.05) is 23.5 Å². The van der Waals surface area contributed by atoms with E-state index < -0.39 is 0 Å². The van der Waals surface area contributed by atoms with E-state index in [-0.39, 0.29) is 0 Å². The van der Waals surface area contributed by atoms with Gasteiger partial charge in [0.1, 0.15) is 11.5 Å². The number of aromatic nitrogens is 2. The fourth-order valence-electron chi connectivity index (χ4n) is 4.93. The molecule has 2 aliphatic rings. The molecule has 5 rings (SSSR count). The van der Waals surface area contributed by atoms with Crippen LogP contribution in [0.15, 0.2) is 42.6 Å². The predicted octanol–water partition coefficient (Wildman–Crippen LogP) is 4.53. The smallest absolute Gasteiger partial charge is 0.281 e. The number of carbonyl (C=O) groups excluding carboxylic acids is 1. The number of rotatable bonds is 5. The van der Waals surface area contributed by atoms with Crippen LogP contribution in [0.25, 0.3) is 10.3 Å². The van der Waals surface area contributed by atoms with Crippen molar-refractivity contribution in [1.29, 1.82) is 0 Å². The molecular weight excluding hydrogens is 370 g/mol. The lowest BCUT2D eigenvalue weighted by molar-refractivity contribution is -0.124. The highest BCUT2D eigenvalue weighted by atomic mass is 32.1. The lowest BCUT2D eigenvalue weighted by Gasteiger charge is -2.36. The zero-order chi connectivity index (χ0) is 19.1. The van der Waals surface area contributed by atoms with E-state index in [9.17, 15) is 4.79 Å². The summed E-state index contributed by atoms with van der Waals surface area (Å²) < 4.78 is 6.93. The van der Waals surface area contributed by atoms with E-state index in [0.29, 0.717) is 28.7 Å². The van der Waals surface area contributed by atoms with Crippen LogP contribution in [0.2, 0.25) is 0 Å². The number of ether oxygens (including phenoxy) is 1. The normalized spacial score (nSPS) is 24.5. The van der Waals surface area contributed by atoms with Crippen LogP contribution in [0, 0.1) is 17.8 Å². The lowest BCUT2D eigenvalue weighted by Crippen LogP contribution is -2.43. The van der Waals surface area contributed by atoms with Crippen molar-refractivity contribution in [3.05, 3.63) is 48.2 Å². The number of fused-ring (bicyclic) bond motifs is 3. The number of piperidine rings is 1. The van der Waals surface area contributed by atoms with Crippen LogP contribution in [0.3, 0.4) is 0 Å². The molecule has 144 valence electrons. The van der Waals surface area contributed by atoms with Crippen molar-refractivity contribution in [2.75, 3.05) is 13.1 Å². The maximum absolute atomic E-state index is 11.9. The van der Waals surface area contributed by atoms with Gasteiger partial charge >= 0.3 is 0 Å². The standard InChI is InChI=1S/C22H23N3O2S/c1-14(26)20-16-6-7-17(20)13-25(12-16)11-15-4-8-18(9-5-15)27-22-24-21-19(28-22)3-2-10-23-21/h2-5,8-10,16-17,20H,6-7,11-13H2,1H3/t16-,17+,20?. The van der Waals surface area contributed by atoms with Gasteiger partial charge in [0.2, 0.25) is 0 Å². The van der Waals surface area contributed by atoms with Gasteiger partial charge in [-0.3, -0.25) is 9.69 Å². The largest absolute Gasteiger partial charge is 0.431 e. The summed E-state index contributed by atoms with van der Waals surface area (Å²) in [6, 6.07) is 12.2. The van der Waals surface area contributed by atoms with Crippen molar-refractivity contribution in [1.82, 2.24) is 14.9 Å². The van der Waals surface area contributed by atoms with Crippen LogP contribution in [0.1, 0.15) is 25.3 Å². The van der Waals surface area contributed by atoms with Gasteiger partial charge in [-0.25, -0.2) is 4.98 Å². The number of nitrogens with zero attached hydrogens (tertiary/aromatic N) is 3. The molecule has 2 bridgehead atoms. The van der Waals surface area contributed by atoms with Gasteiger partial charge in [-0.15, -0.1) is 0 Å². The van der Waals surface area contributed by atoms with E-state index in [4.69, 9.17) is 4.74 Å². The number of Topliss-reactive ketones (excluding diaryl/α,β-unsaturated/α-hetero) is 1. The maximum atomic E-state index is 11.9. The van der Waals surface area contributed by atoms with Gasteiger partial charge in [0.25, 0.3) is 5.19 Å². The van der Waals surface area contributed by atoms with E-state index >= 15 is 0 Å². The monoisotopic (exact) mass is 393 g/mol. The second kappa shape index (κ2) is 7.26. The molecule has 0 radical (unpaired) electrons. The zero-order valence-electron chi connectivity index (χ0n) is 15.9. The first-order valence-corrected chi connectivity index (χ1v) is 10.7. The van der Waals surface area contributed by atoms with Crippen molar-refractivity contribution < 1.29 is 9.53 Å². The average molecular weight is 394 g/mol. The number of carbonyl (C=O) groups is 1. The number of ketones is 1. The van der Waals surface area contributed by atoms with Gasteiger partial charge in [0, 0.05) is 31.7 Å². The Labute approximate surface area is 168 Å². The molecule has 0 spiro atoms. The van der Waals surface area contributed by atoms with Crippen LogP contribution in [0.5, 0.6) is 10.9 Å². The molecule has 1 saturated carbocycles. The number of hydrogen-bond acceptors (Lipinski definition) is 6. The zero-order valence-corrected chi connectivity index (χ0v) is 16.7. The Bertz CT molecular complexity index is 953. The molecule has 1 aliphatic carbocycles. The topological polar surface area (TPSA) is 55.3 Å². The van der Waals surface area contributed by atoms with Gasteiger partial charge in [0.05, 0.1) is 4.70 Å². The minimum absolute atomic E-state index is 0.301. The summed E-state index contributed by atoms with van der Waals surface area (Å²) in [6.07, 6.45) is 4.15. The van der Waals surface area contributed by atoms with Crippen LogP contribution in [-0.4, -0.2) is 33.7 Å². The van der Waals surface area contributed by atoms with Gasteiger partial charge in [-0.05, 0) is 61.4 Å². The molecule has 2 fully saturated rings. The van der Waals surface area contributed by atoms with Crippen LogP contribution >= 0.6 is 11.3 Å². The summed E-state index contributed by atoms with van der Waals surface area (Å²) in [5.41, 5.74) is 2.00. The molecule has 1 saturated heterocycles. The summed E-state index contributed by atoms with van der Waals surface area (Å²) >= 11 is 1.50. The highest BCUT2D eigenvalue weighted by Crippen LogP contribution is 2.42. The summed E-state index contributed by atoms with van der Waals surface area (Å²) in [6.45, 7) is 4.78. The Morgan fingerprint density at radius 2 is 1.93 bits per heavy atom. The minimum Gasteiger partial charge on any atom is -0.431 e. The van der Waals surface area contributed by atoms with E-state index in [1.807, 2.05) is 24.3 Å². The number of benzene rings is 1. The van der Waals surface area contributed by atoms with E-state index in [0.717, 1.165) is 35.7 Å². The van der Waals surface area contributed by atoms with Crippen molar-refractivity contribution in [2.45, 2.75) is 26.3 Å². The third-order valence-corrected chi connectivity index (χ3v) is 6.95. The second-order valence-electron chi connectivity index (χ2n) is 7.98. The van der Waals surface area contributed by atoms with Gasteiger partial charge in [0.15, 0.2) is 5.65 Å². The third-order valence-electron chi connectivity index (χ3n) is 6.06. The highest BCUT2D eigenvalue weighted by molar-refractivity contribution is 7.20. The van der Waals surface area contributed by atoms with E-state index in [1.54, 1.807) is 13.1 Å². The molecule has 1 unspecified atom stereocenters. The van der Waals surface area contributed by atoms with E-state index in [1.165, 1.54) is 29.7 Å². The van der Waals surface area contributed by atoms with E-state index in [2.05, 4.69) is 27.0 Å². The Morgan fingerprint density at radius 1 is 1.18 bits per heavy atom. The fraction of sp³-hybridized carbons (Fsp3) is 0.409. The molecule has 5 nitrogen and oxygen atoms in total. The quantitative estimate of drug-likeness (QED) is 0.637. The molecule has 0 N–H and O–H groups in total. The number of likely N-dealkylation sites (tertiary alicyclic amines) is 1. The number of pyridine rings is 1. The number of hydrogen-bond donors (Lipinski definition) is 0. The summed E-state index contributed by atoms with van der Waals surface area (Å²) in [4.78, 5) is 23.1. The minimum atomic E-state index is 0.301. The molecule has 1 aliphatic heterocycles. The molecular formula is C22H23N3O2S. The van der Waals surface area contributed by atoms with Gasteiger partial charge < -0.3 is 4.74 Å². The summed E-state index contributed by atoms with van der Waals surface area (Å²) in [7, 11) is 0. The Kier molecular flexibility index (Phi) is 4.61. The van der Waals surface area contributed by atoms with Gasteiger partial charge in [-0.2, -0.15) is 4.98 Å². The highest BCUT2D eigenvalue weighted by Gasteiger charge is 2.43. The molecule has 3 atom stereocenters.